The van der Waals surface area contributed by atoms with Crippen LogP contribution in [0.3, 0.4) is 0 Å². The second-order valence-electron chi connectivity index (χ2n) is 5.55. The maximum Gasteiger partial charge on any atom is 0.245 e. The van der Waals surface area contributed by atoms with Crippen LogP contribution in [0.15, 0.2) is 42.5 Å². The first-order valence-electron chi connectivity index (χ1n) is 7.78. The maximum absolute atomic E-state index is 12.5. The molecule has 2 aromatic carbocycles. The Morgan fingerprint density at radius 3 is 2.52 bits per heavy atom. The molecule has 0 aromatic heterocycles. The minimum Gasteiger partial charge on any atom is -0.497 e. The van der Waals surface area contributed by atoms with Crippen LogP contribution < -0.4 is 19.1 Å². The first-order chi connectivity index (χ1) is 12.8. The number of sulfonamides is 1. The van der Waals surface area contributed by atoms with Gasteiger partial charge < -0.3 is 14.8 Å². The van der Waals surface area contributed by atoms with Crippen LogP contribution in [0.2, 0.25) is 0 Å². The molecule has 0 spiro atoms. The third-order valence-corrected chi connectivity index (χ3v) is 4.77. The highest BCUT2D eigenvalue weighted by Gasteiger charge is 2.22. The number of nitrogens with zero attached hydrogens (tertiary/aromatic N) is 2. The van der Waals surface area contributed by atoms with Gasteiger partial charge in [0.2, 0.25) is 15.9 Å². The molecule has 0 fully saturated rings. The predicted molar refractivity (Wildman–Crippen MR) is 102 cm³/mol. The van der Waals surface area contributed by atoms with Crippen molar-refractivity contribution in [3.05, 3.63) is 48.0 Å². The zero-order valence-electron chi connectivity index (χ0n) is 15.1. The van der Waals surface area contributed by atoms with Gasteiger partial charge in [-0.15, -0.1) is 0 Å². The standard InChI is InChI=1S/C18H19N3O5S/c1-25-15-7-8-17(26-2)16(10-15)20-18(22)12-21(27(3,23)24)14-6-4-5-13(9-14)11-19/h4-10H,12H2,1-3H3,(H,20,22). The van der Waals surface area contributed by atoms with Crippen molar-refractivity contribution in [3.8, 4) is 17.6 Å². The van der Waals surface area contributed by atoms with E-state index in [9.17, 15) is 13.2 Å². The Morgan fingerprint density at radius 2 is 1.93 bits per heavy atom. The molecule has 142 valence electrons. The zero-order valence-corrected chi connectivity index (χ0v) is 15.9. The fraction of sp³-hybridized carbons (Fsp3) is 0.222. The number of methoxy groups -OCH3 is 2. The van der Waals surface area contributed by atoms with Gasteiger partial charge in [-0.3, -0.25) is 9.10 Å². The van der Waals surface area contributed by atoms with Crippen molar-refractivity contribution < 1.29 is 22.7 Å². The van der Waals surface area contributed by atoms with Crippen molar-refractivity contribution in [2.45, 2.75) is 0 Å². The van der Waals surface area contributed by atoms with E-state index in [2.05, 4.69) is 5.32 Å². The Hall–Kier alpha value is -3.25. The highest BCUT2D eigenvalue weighted by atomic mass is 32.2. The van der Waals surface area contributed by atoms with Gasteiger partial charge in [0.1, 0.15) is 18.0 Å². The number of anilines is 2. The molecule has 2 rings (SSSR count). The first kappa shape index (κ1) is 20.1. The minimum atomic E-state index is -3.75. The van der Waals surface area contributed by atoms with E-state index in [0.29, 0.717) is 17.2 Å². The fourth-order valence-electron chi connectivity index (χ4n) is 2.36. The molecular weight excluding hydrogens is 370 g/mol. The number of nitriles is 1. The molecule has 9 heteroatoms. The lowest BCUT2D eigenvalue weighted by molar-refractivity contribution is -0.114. The molecule has 27 heavy (non-hydrogen) atoms. The van der Waals surface area contributed by atoms with Crippen LogP contribution in [0.4, 0.5) is 11.4 Å². The smallest absolute Gasteiger partial charge is 0.245 e. The van der Waals surface area contributed by atoms with Crippen molar-refractivity contribution in [1.29, 1.82) is 5.26 Å². The first-order valence-corrected chi connectivity index (χ1v) is 9.63. The van der Waals surface area contributed by atoms with Crippen LogP contribution in [0.25, 0.3) is 0 Å². The molecule has 0 aliphatic carbocycles. The summed E-state index contributed by atoms with van der Waals surface area (Å²) in [6.07, 6.45) is 0.992. The number of amides is 1. The predicted octanol–water partition coefficient (Wildman–Crippen LogP) is 1.98. The number of nitrogens with one attached hydrogen (secondary N) is 1. The summed E-state index contributed by atoms with van der Waals surface area (Å²) in [5.41, 5.74) is 0.862. The highest BCUT2D eigenvalue weighted by molar-refractivity contribution is 7.92. The summed E-state index contributed by atoms with van der Waals surface area (Å²) in [5.74, 6) is 0.337. The molecule has 0 saturated carbocycles. The Balaban J connectivity index is 2.29. The number of hydrogen-bond acceptors (Lipinski definition) is 6. The van der Waals surface area contributed by atoms with Crippen LogP contribution >= 0.6 is 0 Å². The molecule has 1 amide bonds. The van der Waals surface area contributed by atoms with Crippen molar-refractivity contribution in [3.63, 3.8) is 0 Å². The Bertz CT molecular complexity index is 983. The molecule has 2 aromatic rings. The van der Waals surface area contributed by atoms with E-state index < -0.39 is 22.5 Å². The van der Waals surface area contributed by atoms with Gasteiger partial charge in [-0.1, -0.05) is 6.07 Å². The van der Waals surface area contributed by atoms with E-state index >= 15 is 0 Å². The van der Waals surface area contributed by atoms with Crippen molar-refractivity contribution in [1.82, 2.24) is 0 Å². The summed E-state index contributed by atoms with van der Waals surface area (Å²) in [4.78, 5) is 12.5. The third kappa shape index (κ3) is 5.12. The van der Waals surface area contributed by atoms with E-state index in [1.54, 1.807) is 30.3 Å². The zero-order chi connectivity index (χ0) is 20.0. The molecule has 0 bridgehead atoms. The number of ether oxygens (including phenoxy) is 2. The largest absolute Gasteiger partial charge is 0.497 e. The lowest BCUT2D eigenvalue weighted by atomic mass is 10.2. The van der Waals surface area contributed by atoms with E-state index in [1.807, 2.05) is 6.07 Å². The normalized spacial score (nSPS) is 10.6. The average Bonchev–Trinajstić information content (AvgIpc) is 2.65. The summed E-state index contributed by atoms with van der Waals surface area (Å²) in [6, 6.07) is 12.8. The average molecular weight is 389 g/mol. The second-order valence-corrected chi connectivity index (χ2v) is 7.45. The second kappa shape index (κ2) is 8.42. The number of hydrogen-bond donors (Lipinski definition) is 1. The Labute approximate surface area is 158 Å². The molecule has 0 saturated heterocycles. The summed E-state index contributed by atoms with van der Waals surface area (Å²) in [5, 5.41) is 11.6. The van der Waals surface area contributed by atoms with Gasteiger partial charge in [-0.2, -0.15) is 5.26 Å². The van der Waals surface area contributed by atoms with Gasteiger partial charge in [0.05, 0.1) is 43.5 Å². The maximum atomic E-state index is 12.5. The number of benzene rings is 2. The monoisotopic (exact) mass is 389 g/mol. The number of carbonyl (C=O) groups is 1. The molecule has 1 N–H and O–H groups in total. The molecule has 0 aliphatic heterocycles. The quantitative estimate of drug-likeness (QED) is 0.776. The summed E-state index contributed by atoms with van der Waals surface area (Å²) >= 11 is 0. The lowest BCUT2D eigenvalue weighted by Gasteiger charge is -2.22. The summed E-state index contributed by atoms with van der Waals surface area (Å²) in [6.45, 7) is -0.464. The van der Waals surface area contributed by atoms with Gasteiger partial charge >= 0.3 is 0 Å². The number of carbonyl (C=O) groups excluding carboxylic acids is 1. The van der Waals surface area contributed by atoms with Crippen molar-refractivity contribution in [2.75, 3.05) is 36.6 Å². The van der Waals surface area contributed by atoms with Crippen molar-refractivity contribution >= 4 is 27.3 Å². The summed E-state index contributed by atoms with van der Waals surface area (Å²) < 4.78 is 35.6. The van der Waals surface area contributed by atoms with Gasteiger partial charge in [-0.25, -0.2) is 8.42 Å². The fourth-order valence-corrected chi connectivity index (χ4v) is 3.21. The molecule has 0 atom stereocenters. The number of rotatable bonds is 7. The van der Waals surface area contributed by atoms with E-state index in [-0.39, 0.29) is 11.3 Å². The molecule has 0 radical (unpaired) electrons. The topological polar surface area (TPSA) is 109 Å². The van der Waals surface area contributed by atoms with Gasteiger partial charge in [0.15, 0.2) is 0 Å². The van der Waals surface area contributed by atoms with Crippen LogP contribution in [0.5, 0.6) is 11.5 Å². The SMILES string of the molecule is COc1ccc(OC)c(NC(=O)CN(c2cccc(C#N)c2)S(C)(=O)=O)c1. The Kier molecular flexibility index (Phi) is 6.26. The van der Waals surface area contributed by atoms with Gasteiger partial charge in [0, 0.05) is 6.07 Å². The highest BCUT2D eigenvalue weighted by Crippen LogP contribution is 2.29. The molecule has 0 heterocycles. The minimum absolute atomic E-state index is 0.226. The van der Waals surface area contributed by atoms with E-state index in [0.717, 1.165) is 10.6 Å². The van der Waals surface area contributed by atoms with Gasteiger partial charge in [-0.05, 0) is 30.3 Å². The Morgan fingerprint density at radius 1 is 1.19 bits per heavy atom. The van der Waals surface area contributed by atoms with Crippen molar-refractivity contribution in [2.24, 2.45) is 0 Å². The van der Waals surface area contributed by atoms with Crippen LogP contribution in [-0.4, -0.2) is 41.3 Å². The molecule has 0 aliphatic rings. The van der Waals surface area contributed by atoms with Gasteiger partial charge in [0.25, 0.3) is 0 Å². The molecular formula is C18H19N3O5S. The van der Waals surface area contributed by atoms with Crippen LogP contribution in [-0.2, 0) is 14.8 Å². The molecule has 8 nitrogen and oxygen atoms in total. The summed E-state index contributed by atoms with van der Waals surface area (Å²) in [7, 11) is -0.813. The van der Waals surface area contributed by atoms with E-state index in [4.69, 9.17) is 14.7 Å². The van der Waals surface area contributed by atoms with E-state index in [1.165, 1.54) is 26.4 Å². The lowest BCUT2D eigenvalue weighted by Crippen LogP contribution is -2.37. The molecule has 0 unspecified atom stereocenters. The van der Waals surface area contributed by atoms with Crippen LogP contribution in [0.1, 0.15) is 5.56 Å². The van der Waals surface area contributed by atoms with Crippen LogP contribution in [0, 0.1) is 11.3 Å². The third-order valence-electron chi connectivity index (χ3n) is 3.63.